The van der Waals surface area contributed by atoms with Crippen molar-refractivity contribution in [2.24, 2.45) is 5.84 Å². The van der Waals surface area contributed by atoms with Gasteiger partial charge in [0.05, 0.1) is 5.69 Å². The molecule has 0 atom stereocenters. The lowest BCUT2D eigenvalue weighted by atomic mass is 10.1. The van der Waals surface area contributed by atoms with Crippen molar-refractivity contribution in [1.29, 1.82) is 0 Å². The monoisotopic (exact) mass is 246 g/mol. The minimum atomic E-state index is -0.422. The van der Waals surface area contributed by atoms with Gasteiger partial charge < -0.3 is 9.47 Å². The molecule has 92 valence electrons. The molecule has 7 nitrogen and oxygen atoms in total. The molecule has 2 aromatic rings. The van der Waals surface area contributed by atoms with E-state index in [1.165, 1.54) is 0 Å². The number of nitrogens with zero attached hydrogens (tertiary/aromatic N) is 1. The Kier molecular flexibility index (Phi) is 2.38. The summed E-state index contributed by atoms with van der Waals surface area (Å²) in [6.45, 7) is 0.222. The molecule has 0 aliphatic carbocycles. The number of aromatic nitrogens is 2. The number of carbonyl (C=O) groups excluding carboxylic acids is 1. The number of hydrogen-bond acceptors (Lipinski definition) is 5. The lowest BCUT2D eigenvalue weighted by Crippen LogP contribution is -2.30. The number of benzene rings is 1. The van der Waals surface area contributed by atoms with E-state index >= 15 is 0 Å². The van der Waals surface area contributed by atoms with Crippen molar-refractivity contribution in [2.45, 2.75) is 0 Å². The number of rotatable bonds is 2. The van der Waals surface area contributed by atoms with Crippen molar-refractivity contribution in [3.63, 3.8) is 0 Å². The van der Waals surface area contributed by atoms with Gasteiger partial charge in [-0.15, -0.1) is 0 Å². The van der Waals surface area contributed by atoms with Gasteiger partial charge in [-0.3, -0.25) is 15.3 Å². The Labute approximate surface area is 102 Å². The second-order valence-corrected chi connectivity index (χ2v) is 3.71. The highest BCUT2D eigenvalue weighted by atomic mass is 16.7. The zero-order chi connectivity index (χ0) is 12.5. The van der Waals surface area contributed by atoms with Crippen molar-refractivity contribution in [2.75, 3.05) is 6.79 Å². The molecular formula is C11H10N4O3. The zero-order valence-corrected chi connectivity index (χ0v) is 9.27. The van der Waals surface area contributed by atoms with Gasteiger partial charge in [0.2, 0.25) is 6.79 Å². The standard InChI is InChI=1S/C11H10N4O3/c12-13-11(16)8-4-7(14-15-8)6-1-2-9-10(3-6)18-5-17-9/h1-4H,5,12H2,(H,13,16)(H,14,15). The first-order chi connectivity index (χ1) is 8.78. The maximum atomic E-state index is 11.3. The minimum Gasteiger partial charge on any atom is -0.454 e. The highest BCUT2D eigenvalue weighted by molar-refractivity contribution is 5.92. The first kappa shape index (κ1) is 10.6. The van der Waals surface area contributed by atoms with Gasteiger partial charge in [-0.25, -0.2) is 5.84 Å². The number of ether oxygens (including phenoxy) is 2. The Bertz CT molecular complexity index is 608. The molecule has 0 fully saturated rings. The number of hydrazine groups is 1. The van der Waals surface area contributed by atoms with Crippen LogP contribution in [0.25, 0.3) is 11.3 Å². The highest BCUT2D eigenvalue weighted by Crippen LogP contribution is 2.35. The summed E-state index contributed by atoms with van der Waals surface area (Å²) in [4.78, 5) is 11.3. The summed E-state index contributed by atoms with van der Waals surface area (Å²) in [5.41, 5.74) is 3.79. The Morgan fingerprint density at radius 1 is 1.33 bits per heavy atom. The molecule has 0 spiro atoms. The molecule has 1 aromatic heterocycles. The molecule has 0 bridgehead atoms. The number of carbonyl (C=O) groups is 1. The summed E-state index contributed by atoms with van der Waals surface area (Å²) in [6, 6.07) is 7.06. The normalized spacial score (nSPS) is 12.5. The van der Waals surface area contributed by atoms with Crippen molar-refractivity contribution >= 4 is 5.91 Å². The zero-order valence-electron chi connectivity index (χ0n) is 9.27. The first-order valence-electron chi connectivity index (χ1n) is 5.24. The van der Waals surface area contributed by atoms with Gasteiger partial charge in [-0.2, -0.15) is 5.10 Å². The number of nitrogens with two attached hydrogens (primary N) is 1. The molecule has 18 heavy (non-hydrogen) atoms. The van der Waals surface area contributed by atoms with E-state index in [2.05, 4.69) is 10.2 Å². The number of fused-ring (bicyclic) bond motifs is 1. The molecule has 3 rings (SSSR count). The second kappa shape index (κ2) is 4.04. The van der Waals surface area contributed by atoms with Gasteiger partial charge >= 0.3 is 0 Å². The van der Waals surface area contributed by atoms with Gasteiger partial charge in [0.1, 0.15) is 5.69 Å². The number of nitrogen functional groups attached to an aromatic ring is 1. The largest absolute Gasteiger partial charge is 0.454 e. The summed E-state index contributed by atoms with van der Waals surface area (Å²) in [7, 11) is 0. The number of aromatic amines is 1. The van der Waals surface area contributed by atoms with Crippen LogP contribution in [0.2, 0.25) is 0 Å². The fourth-order valence-electron chi connectivity index (χ4n) is 1.72. The van der Waals surface area contributed by atoms with E-state index < -0.39 is 5.91 Å². The lowest BCUT2D eigenvalue weighted by molar-refractivity contribution is 0.0948. The molecule has 2 heterocycles. The van der Waals surface area contributed by atoms with E-state index in [0.29, 0.717) is 22.9 Å². The molecule has 0 unspecified atom stereocenters. The van der Waals surface area contributed by atoms with Crippen LogP contribution in [0.3, 0.4) is 0 Å². The summed E-state index contributed by atoms with van der Waals surface area (Å²) >= 11 is 0. The molecule has 1 aromatic carbocycles. The Morgan fingerprint density at radius 3 is 3.00 bits per heavy atom. The van der Waals surface area contributed by atoms with Crippen LogP contribution < -0.4 is 20.7 Å². The Balaban J connectivity index is 1.95. The van der Waals surface area contributed by atoms with Crippen molar-refractivity contribution in [3.8, 4) is 22.8 Å². The van der Waals surface area contributed by atoms with Crippen LogP contribution in [0.1, 0.15) is 10.5 Å². The maximum Gasteiger partial charge on any atom is 0.283 e. The van der Waals surface area contributed by atoms with Crippen LogP contribution in [0.15, 0.2) is 24.3 Å². The molecule has 4 N–H and O–H groups in total. The van der Waals surface area contributed by atoms with E-state index in [9.17, 15) is 4.79 Å². The SMILES string of the molecule is NNC(=O)c1cc(-c2ccc3c(c2)OCO3)n[nH]1. The van der Waals surface area contributed by atoms with E-state index in [4.69, 9.17) is 15.3 Å². The number of H-pyrrole nitrogens is 1. The highest BCUT2D eigenvalue weighted by Gasteiger charge is 2.16. The van der Waals surface area contributed by atoms with Crippen LogP contribution in [0, 0.1) is 0 Å². The molecular weight excluding hydrogens is 236 g/mol. The van der Waals surface area contributed by atoms with Crippen molar-refractivity contribution < 1.29 is 14.3 Å². The number of hydrogen-bond donors (Lipinski definition) is 3. The van der Waals surface area contributed by atoms with Gasteiger partial charge in [-0.1, -0.05) is 0 Å². The summed E-state index contributed by atoms with van der Waals surface area (Å²) in [5, 5.41) is 6.65. The molecule has 0 saturated carbocycles. The Hall–Kier alpha value is -2.54. The topological polar surface area (TPSA) is 102 Å². The number of nitrogens with one attached hydrogen (secondary N) is 2. The fourth-order valence-corrected chi connectivity index (χ4v) is 1.72. The number of amides is 1. The molecule has 1 amide bonds. The lowest BCUT2D eigenvalue weighted by Gasteiger charge is -1.98. The summed E-state index contributed by atoms with van der Waals surface area (Å²) < 4.78 is 10.5. The van der Waals surface area contributed by atoms with Gasteiger partial charge in [0.25, 0.3) is 5.91 Å². The van der Waals surface area contributed by atoms with Gasteiger partial charge in [0.15, 0.2) is 11.5 Å². The third-order valence-electron chi connectivity index (χ3n) is 2.62. The molecule has 0 radical (unpaired) electrons. The minimum absolute atomic E-state index is 0.222. The molecule has 7 heteroatoms. The average Bonchev–Trinajstić information content (AvgIpc) is 3.05. The predicted molar refractivity (Wildman–Crippen MR) is 61.8 cm³/mol. The third kappa shape index (κ3) is 1.66. The summed E-state index contributed by atoms with van der Waals surface area (Å²) in [6.07, 6.45) is 0. The van der Waals surface area contributed by atoms with Crippen molar-refractivity contribution in [1.82, 2.24) is 15.6 Å². The quantitative estimate of drug-likeness (QED) is 0.404. The van der Waals surface area contributed by atoms with Gasteiger partial charge in [-0.05, 0) is 24.3 Å². The van der Waals surface area contributed by atoms with E-state index in [1.54, 1.807) is 12.1 Å². The maximum absolute atomic E-state index is 11.3. The van der Waals surface area contributed by atoms with E-state index in [0.717, 1.165) is 5.56 Å². The molecule has 1 aliphatic rings. The van der Waals surface area contributed by atoms with Crippen LogP contribution in [0.4, 0.5) is 0 Å². The van der Waals surface area contributed by atoms with Gasteiger partial charge in [0, 0.05) is 5.56 Å². The van der Waals surface area contributed by atoms with Crippen molar-refractivity contribution in [3.05, 3.63) is 30.0 Å². The van der Waals surface area contributed by atoms with Crippen LogP contribution >= 0.6 is 0 Å². The molecule has 0 saturated heterocycles. The first-order valence-corrected chi connectivity index (χ1v) is 5.24. The predicted octanol–water partition coefficient (Wildman–Crippen LogP) is 0.409. The molecule has 1 aliphatic heterocycles. The average molecular weight is 246 g/mol. The smallest absolute Gasteiger partial charge is 0.283 e. The van der Waals surface area contributed by atoms with Crippen LogP contribution in [0.5, 0.6) is 11.5 Å². The van der Waals surface area contributed by atoms with Crippen LogP contribution in [-0.2, 0) is 0 Å². The van der Waals surface area contributed by atoms with Crippen LogP contribution in [-0.4, -0.2) is 22.9 Å². The summed E-state index contributed by atoms with van der Waals surface area (Å²) in [5.74, 6) is 5.99. The van der Waals surface area contributed by atoms with E-state index in [-0.39, 0.29) is 6.79 Å². The third-order valence-corrected chi connectivity index (χ3v) is 2.62. The second-order valence-electron chi connectivity index (χ2n) is 3.71. The Morgan fingerprint density at radius 2 is 2.17 bits per heavy atom. The van der Waals surface area contributed by atoms with E-state index in [1.807, 2.05) is 17.6 Å². The fraction of sp³-hybridized carbons (Fsp3) is 0.0909.